The zero-order chi connectivity index (χ0) is 22.2. The van der Waals surface area contributed by atoms with Crippen LogP contribution in [0.15, 0.2) is 24.4 Å². The quantitative estimate of drug-likeness (QED) is 0.550. The number of aryl methyl sites for hydroxylation is 1. The van der Waals surface area contributed by atoms with Crippen molar-refractivity contribution in [1.82, 2.24) is 15.0 Å². The maximum atomic E-state index is 12.8. The first-order chi connectivity index (χ1) is 14.7. The fraction of sp³-hybridized carbons (Fsp3) is 0.478. The van der Waals surface area contributed by atoms with Gasteiger partial charge in [0.05, 0.1) is 20.8 Å². The Morgan fingerprint density at radius 3 is 2.61 bits per heavy atom. The first-order valence-electron chi connectivity index (χ1n) is 10.6. The molecule has 0 spiro atoms. The molecular weight excluding hydrogens is 412 g/mol. The van der Waals surface area contributed by atoms with Gasteiger partial charge in [-0.25, -0.2) is 15.0 Å². The van der Waals surface area contributed by atoms with Gasteiger partial charge in [0.1, 0.15) is 11.5 Å². The number of aliphatic hydroxyl groups excluding tert-OH is 1. The molecule has 1 aliphatic rings. The number of nitrogens with zero attached hydrogens (tertiary/aromatic N) is 3. The molecule has 2 aromatic heterocycles. The molecule has 31 heavy (non-hydrogen) atoms. The Morgan fingerprint density at radius 1 is 1.23 bits per heavy atom. The number of amides is 1. The van der Waals surface area contributed by atoms with Crippen molar-refractivity contribution in [2.24, 2.45) is 5.92 Å². The molecule has 4 rings (SSSR count). The number of carbonyl (C=O) groups is 1. The van der Waals surface area contributed by atoms with Crippen molar-refractivity contribution < 1.29 is 15.0 Å². The number of benzene rings is 1. The van der Waals surface area contributed by atoms with Gasteiger partial charge < -0.3 is 15.5 Å². The number of nitrogens with one attached hydrogen (secondary N) is 1. The van der Waals surface area contributed by atoms with Gasteiger partial charge in [0.2, 0.25) is 0 Å². The van der Waals surface area contributed by atoms with Crippen LogP contribution in [0, 0.1) is 12.8 Å². The van der Waals surface area contributed by atoms with E-state index in [2.05, 4.69) is 15.3 Å². The van der Waals surface area contributed by atoms with Crippen LogP contribution in [0.4, 0.5) is 5.69 Å². The van der Waals surface area contributed by atoms with Gasteiger partial charge in [0, 0.05) is 30.0 Å². The summed E-state index contributed by atoms with van der Waals surface area (Å²) in [5.41, 5.74) is 1.12. The van der Waals surface area contributed by atoms with E-state index in [1.807, 2.05) is 12.1 Å². The molecule has 3 aromatic rings. The Morgan fingerprint density at radius 2 is 1.97 bits per heavy atom. The van der Waals surface area contributed by atoms with Gasteiger partial charge in [-0.2, -0.15) is 0 Å². The van der Waals surface area contributed by atoms with E-state index >= 15 is 0 Å². The molecule has 0 unspecified atom stereocenters. The normalized spacial score (nSPS) is 19.5. The smallest absolute Gasteiger partial charge is 0.274 e. The summed E-state index contributed by atoms with van der Waals surface area (Å²) >= 11 is 1.64. The van der Waals surface area contributed by atoms with Crippen LogP contribution < -0.4 is 5.32 Å². The van der Waals surface area contributed by atoms with Crippen LogP contribution in [0.25, 0.3) is 10.2 Å². The molecule has 1 saturated carbocycles. The first-order valence-corrected chi connectivity index (χ1v) is 11.5. The van der Waals surface area contributed by atoms with Gasteiger partial charge in [-0.05, 0) is 70.6 Å². The second-order valence-electron chi connectivity index (χ2n) is 8.82. The third-order valence-corrected chi connectivity index (χ3v) is 7.10. The molecule has 1 amide bonds. The van der Waals surface area contributed by atoms with Crippen LogP contribution in [-0.4, -0.2) is 37.7 Å². The van der Waals surface area contributed by atoms with Gasteiger partial charge in [-0.1, -0.05) is 0 Å². The first kappa shape index (κ1) is 21.8. The van der Waals surface area contributed by atoms with Gasteiger partial charge in [0.15, 0.2) is 0 Å². The summed E-state index contributed by atoms with van der Waals surface area (Å²) in [6.45, 7) is 5.39. The topological polar surface area (TPSA) is 108 Å². The van der Waals surface area contributed by atoms with E-state index in [4.69, 9.17) is 4.98 Å². The number of hydrogen-bond acceptors (Lipinski definition) is 7. The fourth-order valence-electron chi connectivity index (χ4n) is 4.14. The summed E-state index contributed by atoms with van der Waals surface area (Å²) in [7, 11) is 0. The lowest BCUT2D eigenvalue weighted by atomic mass is 9.83. The molecule has 0 atom stereocenters. The second kappa shape index (κ2) is 8.61. The number of hydrogen-bond donors (Lipinski definition) is 3. The lowest BCUT2D eigenvalue weighted by Gasteiger charge is -2.25. The Hall–Kier alpha value is -2.42. The molecule has 7 nitrogen and oxygen atoms in total. The number of thiazole rings is 1. The highest BCUT2D eigenvalue weighted by Gasteiger charge is 2.27. The Kier molecular flexibility index (Phi) is 6.05. The summed E-state index contributed by atoms with van der Waals surface area (Å²) in [6, 6.07) is 5.34. The molecular formula is C23H28N4O3S. The third-order valence-electron chi connectivity index (χ3n) is 5.91. The molecule has 1 aromatic carbocycles. The molecule has 0 saturated heterocycles. The van der Waals surface area contributed by atoms with Crippen molar-refractivity contribution in [3.63, 3.8) is 0 Å². The van der Waals surface area contributed by atoms with E-state index in [0.29, 0.717) is 28.9 Å². The average Bonchev–Trinajstić information content (AvgIpc) is 3.15. The minimum absolute atomic E-state index is 0.260. The highest BCUT2D eigenvalue weighted by atomic mass is 32.1. The third kappa shape index (κ3) is 4.76. The zero-order valence-corrected chi connectivity index (χ0v) is 18.9. The lowest BCUT2D eigenvalue weighted by Crippen LogP contribution is -2.21. The lowest BCUT2D eigenvalue weighted by molar-refractivity contribution is 0.0794. The van der Waals surface area contributed by atoms with Crippen molar-refractivity contribution >= 4 is 33.1 Å². The molecule has 0 aliphatic heterocycles. The largest absolute Gasteiger partial charge is 0.396 e. The minimum atomic E-state index is -1.15. The van der Waals surface area contributed by atoms with Crippen LogP contribution >= 0.6 is 11.3 Å². The van der Waals surface area contributed by atoms with E-state index in [1.165, 1.54) is 0 Å². The number of anilines is 1. The summed E-state index contributed by atoms with van der Waals surface area (Å²) in [4.78, 5) is 25.9. The molecule has 1 fully saturated rings. The number of carbonyl (C=O) groups excluding carboxylic acids is 1. The Balaban J connectivity index is 1.66. The molecule has 0 radical (unpaired) electrons. The van der Waals surface area contributed by atoms with Crippen molar-refractivity contribution in [3.8, 4) is 0 Å². The number of aromatic nitrogens is 3. The molecule has 0 bridgehead atoms. The molecule has 3 N–H and O–H groups in total. The maximum absolute atomic E-state index is 12.8. The molecule has 2 heterocycles. The minimum Gasteiger partial charge on any atom is -0.396 e. The van der Waals surface area contributed by atoms with Gasteiger partial charge in [-0.3, -0.25) is 4.79 Å². The average molecular weight is 441 g/mol. The molecule has 164 valence electrons. The standard InChI is InChI=1S/C23H28N4O3S/c1-13-24-9-8-17(25-13)21(29)26-18-11-20-19(10-16(18)23(2,3)30)27-22(31-20)15-6-4-14(12-28)5-7-15/h8-11,14-15,28,30H,4-7,12H2,1-3H3,(H,26,29). The fourth-order valence-corrected chi connectivity index (χ4v) is 5.29. The van der Waals surface area contributed by atoms with E-state index in [1.54, 1.807) is 44.4 Å². The maximum Gasteiger partial charge on any atom is 0.274 e. The summed E-state index contributed by atoms with van der Waals surface area (Å²) in [6.07, 6.45) is 5.65. The van der Waals surface area contributed by atoms with Crippen LogP contribution in [0.2, 0.25) is 0 Å². The van der Waals surface area contributed by atoms with E-state index in [0.717, 1.165) is 40.9 Å². The predicted octanol–water partition coefficient (Wildman–Crippen LogP) is 4.14. The number of rotatable bonds is 5. The van der Waals surface area contributed by atoms with E-state index < -0.39 is 5.60 Å². The van der Waals surface area contributed by atoms with Crippen molar-refractivity contribution in [3.05, 3.63) is 46.5 Å². The van der Waals surface area contributed by atoms with Gasteiger partial charge >= 0.3 is 0 Å². The van der Waals surface area contributed by atoms with Crippen LogP contribution in [0.1, 0.15) is 72.3 Å². The van der Waals surface area contributed by atoms with Crippen LogP contribution in [-0.2, 0) is 5.60 Å². The summed E-state index contributed by atoms with van der Waals surface area (Å²) < 4.78 is 0.974. The second-order valence-corrected chi connectivity index (χ2v) is 9.88. The van der Waals surface area contributed by atoms with Gasteiger partial charge in [-0.15, -0.1) is 11.3 Å². The van der Waals surface area contributed by atoms with Gasteiger partial charge in [0.25, 0.3) is 5.91 Å². The summed E-state index contributed by atoms with van der Waals surface area (Å²) in [5, 5.41) is 24.1. The summed E-state index contributed by atoms with van der Waals surface area (Å²) in [5.74, 6) is 0.976. The van der Waals surface area contributed by atoms with Crippen molar-refractivity contribution in [2.45, 2.75) is 58.0 Å². The predicted molar refractivity (Wildman–Crippen MR) is 121 cm³/mol. The SMILES string of the molecule is Cc1nccc(C(=O)Nc2cc3sc(C4CCC(CO)CC4)nc3cc2C(C)(C)O)n1. The Labute approximate surface area is 185 Å². The molecule has 8 heteroatoms. The highest BCUT2D eigenvalue weighted by Crippen LogP contribution is 2.41. The number of fused-ring (bicyclic) bond motifs is 1. The molecule has 1 aliphatic carbocycles. The zero-order valence-electron chi connectivity index (χ0n) is 18.1. The number of aliphatic hydroxyl groups is 2. The van der Waals surface area contributed by atoms with E-state index in [-0.39, 0.29) is 18.2 Å². The van der Waals surface area contributed by atoms with Crippen molar-refractivity contribution in [1.29, 1.82) is 0 Å². The van der Waals surface area contributed by atoms with Crippen molar-refractivity contribution in [2.75, 3.05) is 11.9 Å². The Bertz CT molecular complexity index is 1100. The highest BCUT2D eigenvalue weighted by molar-refractivity contribution is 7.18. The van der Waals surface area contributed by atoms with Crippen LogP contribution in [0.5, 0.6) is 0 Å². The van der Waals surface area contributed by atoms with Crippen LogP contribution in [0.3, 0.4) is 0 Å². The van der Waals surface area contributed by atoms with E-state index in [9.17, 15) is 15.0 Å². The monoisotopic (exact) mass is 440 g/mol.